The maximum absolute atomic E-state index is 11.8. The summed E-state index contributed by atoms with van der Waals surface area (Å²) in [6, 6.07) is -0.256. The minimum absolute atomic E-state index is 0.00239. The van der Waals surface area contributed by atoms with E-state index in [1.807, 2.05) is 13.8 Å². The molecule has 19 heavy (non-hydrogen) atoms. The second-order valence-electron chi connectivity index (χ2n) is 5.20. The van der Waals surface area contributed by atoms with Crippen LogP contribution >= 0.6 is 0 Å². The molecule has 1 atom stereocenters. The number of amides is 1. The molecule has 5 nitrogen and oxygen atoms in total. The van der Waals surface area contributed by atoms with Gasteiger partial charge in [0.15, 0.2) is 0 Å². The normalized spacial score (nSPS) is 24.6. The summed E-state index contributed by atoms with van der Waals surface area (Å²) in [4.78, 5) is 23.4. The van der Waals surface area contributed by atoms with Gasteiger partial charge in [-0.25, -0.2) is 0 Å². The summed E-state index contributed by atoms with van der Waals surface area (Å²) >= 11 is 0. The first kappa shape index (κ1) is 16.0. The van der Waals surface area contributed by atoms with E-state index >= 15 is 0 Å². The quantitative estimate of drug-likeness (QED) is 0.714. The van der Waals surface area contributed by atoms with Crippen LogP contribution in [0.3, 0.4) is 0 Å². The molecule has 1 amide bonds. The molecule has 1 rings (SSSR count). The van der Waals surface area contributed by atoms with E-state index in [0.717, 1.165) is 32.1 Å². The maximum Gasteiger partial charge on any atom is 0.308 e. The average Bonchev–Trinajstić information content (AvgIpc) is 2.40. The summed E-state index contributed by atoms with van der Waals surface area (Å²) in [5.41, 5.74) is 5.77. The zero-order valence-electron chi connectivity index (χ0n) is 12.0. The molecule has 1 fully saturated rings. The third-order valence-corrected chi connectivity index (χ3v) is 3.63. The summed E-state index contributed by atoms with van der Waals surface area (Å²) in [6.45, 7) is 4.26. The summed E-state index contributed by atoms with van der Waals surface area (Å²) in [5.74, 6) is -0.172. The van der Waals surface area contributed by atoms with Crippen LogP contribution < -0.4 is 11.1 Å². The van der Waals surface area contributed by atoms with Gasteiger partial charge in [-0.15, -0.1) is 0 Å². The summed E-state index contributed by atoms with van der Waals surface area (Å²) in [7, 11) is 0. The minimum atomic E-state index is -0.409. The lowest BCUT2D eigenvalue weighted by Crippen LogP contribution is -2.46. The Labute approximate surface area is 115 Å². The molecule has 1 aliphatic rings. The van der Waals surface area contributed by atoms with Crippen LogP contribution in [0.1, 0.15) is 52.4 Å². The molecule has 5 heteroatoms. The van der Waals surface area contributed by atoms with Crippen molar-refractivity contribution in [2.45, 2.75) is 64.5 Å². The zero-order valence-corrected chi connectivity index (χ0v) is 12.0. The smallest absolute Gasteiger partial charge is 0.308 e. The number of hydrogen-bond donors (Lipinski definition) is 2. The topological polar surface area (TPSA) is 81.4 Å². The Hall–Kier alpha value is -1.10. The van der Waals surface area contributed by atoms with E-state index in [0.29, 0.717) is 13.0 Å². The Bertz CT molecular complexity index is 299. The van der Waals surface area contributed by atoms with Crippen molar-refractivity contribution in [3.05, 3.63) is 0 Å². The van der Waals surface area contributed by atoms with Gasteiger partial charge in [-0.3, -0.25) is 9.59 Å². The van der Waals surface area contributed by atoms with Crippen LogP contribution in [0.15, 0.2) is 0 Å². The fourth-order valence-electron chi connectivity index (χ4n) is 2.48. The molecule has 0 heterocycles. The van der Waals surface area contributed by atoms with Crippen molar-refractivity contribution >= 4 is 11.9 Å². The third kappa shape index (κ3) is 5.19. The molecule has 0 unspecified atom stereocenters. The minimum Gasteiger partial charge on any atom is -0.466 e. The Kier molecular flexibility index (Phi) is 6.84. The standard InChI is InChI=1S/C14H26N2O3/c1-3-5-12(15)13(17)16-11-8-6-10(7-9-11)14(18)19-4-2/h10-12H,3-9,15H2,1-2H3,(H,16,17)/t10?,11?,12-/m0/s1. The van der Waals surface area contributed by atoms with Crippen LogP contribution in [-0.2, 0) is 14.3 Å². The predicted molar refractivity (Wildman–Crippen MR) is 73.4 cm³/mol. The van der Waals surface area contributed by atoms with Crippen LogP contribution in [0, 0.1) is 5.92 Å². The Morgan fingerprint density at radius 1 is 1.26 bits per heavy atom. The SMILES string of the molecule is CCC[C@H](N)C(=O)NC1CCC(C(=O)OCC)CC1. The van der Waals surface area contributed by atoms with E-state index in [9.17, 15) is 9.59 Å². The third-order valence-electron chi connectivity index (χ3n) is 3.63. The van der Waals surface area contributed by atoms with Crippen LogP contribution in [0.4, 0.5) is 0 Å². The van der Waals surface area contributed by atoms with Gasteiger partial charge in [0.2, 0.25) is 5.91 Å². The second-order valence-corrected chi connectivity index (χ2v) is 5.20. The van der Waals surface area contributed by atoms with Crippen molar-refractivity contribution < 1.29 is 14.3 Å². The molecule has 0 aromatic heterocycles. The van der Waals surface area contributed by atoms with Crippen LogP contribution in [-0.4, -0.2) is 30.6 Å². The highest BCUT2D eigenvalue weighted by Gasteiger charge is 2.28. The first-order valence-corrected chi connectivity index (χ1v) is 7.31. The summed E-state index contributed by atoms with van der Waals surface area (Å²) < 4.78 is 5.02. The number of nitrogens with two attached hydrogens (primary N) is 1. The average molecular weight is 270 g/mol. The van der Waals surface area contributed by atoms with E-state index in [4.69, 9.17) is 10.5 Å². The Morgan fingerprint density at radius 3 is 2.42 bits per heavy atom. The summed E-state index contributed by atoms with van der Waals surface area (Å²) in [6.07, 6.45) is 4.84. The predicted octanol–water partition coefficient (Wildman–Crippen LogP) is 1.35. The van der Waals surface area contributed by atoms with Crippen molar-refractivity contribution in [2.24, 2.45) is 11.7 Å². The van der Waals surface area contributed by atoms with Crippen LogP contribution in [0.2, 0.25) is 0 Å². The number of rotatable bonds is 6. The van der Waals surface area contributed by atoms with Gasteiger partial charge in [0.25, 0.3) is 0 Å². The largest absolute Gasteiger partial charge is 0.466 e. The van der Waals surface area contributed by atoms with Crippen molar-refractivity contribution in [2.75, 3.05) is 6.61 Å². The number of carbonyl (C=O) groups excluding carboxylic acids is 2. The maximum atomic E-state index is 11.8. The molecule has 0 aromatic carbocycles. The molecule has 110 valence electrons. The molecule has 1 saturated carbocycles. The van der Waals surface area contributed by atoms with Gasteiger partial charge in [-0.1, -0.05) is 13.3 Å². The number of hydrogen-bond acceptors (Lipinski definition) is 4. The van der Waals surface area contributed by atoms with Crippen LogP contribution in [0.25, 0.3) is 0 Å². The van der Waals surface area contributed by atoms with Crippen LogP contribution in [0.5, 0.6) is 0 Å². The molecule has 1 aliphatic carbocycles. The molecule has 0 radical (unpaired) electrons. The molecule has 3 N–H and O–H groups in total. The van der Waals surface area contributed by atoms with E-state index in [1.165, 1.54) is 0 Å². The van der Waals surface area contributed by atoms with Crippen molar-refractivity contribution in [1.82, 2.24) is 5.32 Å². The molecule has 0 bridgehead atoms. The van der Waals surface area contributed by atoms with Crippen molar-refractivity contribution in [1.29, 1.82) is 0 Å². The van der Waals surface area contributed by atoms with Gasteiger partial charge in [0.1, 0.15) is 0 Å². The Balaban J connectivity index is 2.30. The number of nitrogens with one attached hydrogen (secondary N) is 1. The highest BCUT2D eigenvalue weighted by Crippen LogP contribution is 2.25. The lowest BCUT2D eigenvalue weighted by molar-refractivity contribution is -0.149. The lowest BCUT2D eigenvalue weighted by atomic mass is 9.86. The molecule has 0 saturated heterocycles. The van der Waals surface area contributed by atoms with Gasteiger partial charge in [-0.05, 0) is 39.0 Å². The lowest BCUT2D eigenvalue weighted by Gasteiger charge is -2.28. The van der Waals surface area contributed by atoms with Gasteiger partial charge in [0.05, 0.1) is 18.6 Å². The molecular weight excluding hydrogens is 244 g/mol. The zero-order chi connectivity index (χ0) is 14.3. The molecule has 0 spiro atoms. The van der Waals surface area contributed by atoms with Gasteiger partial charge in [-0.2, -0.15) is 0 Å². The number of esters is 1. The van der Waals surface area contributed by atoms with E-state index in [1.54, 1.807) is 0 Å². The summed E-state index contributed by atoms with van der Waals surface area (Å²) in [5, 5.41) is 2.98. The first-order chi connectivity index (χ1) is 9.08. The Morgan fingerprint density at radius 2 is 1.89 bits per heavy atom. The molecule has 0 aliphatic heterocycles. The monoisotopic (exact) mass is 270 g/mol. The van der Waals surface area contributed by atoms with E-state index in [2.05, 4.69) is 5.32 Å². The van der Waals surface area contributed by atoms with Crippen molar-refractivity contribution in [3.8, 4) is 0 Å². The van der Waals surface area contributed by atoms with Gasteiger partial charge >= 0.3 is 5.97 Å². The van der Waals surface area contributed by atoms with Crippen molar-refractivity contribution in [3.63, 3.8) is 0 Å². The van der Waals surface area contributed by atoms with Gasteiger partial charge < -0.3 is 15.8 Å². The molecular formula is C14H26N2O3. The van der Waals surface area contributed by atoms with Gasteiger partial charge in [0, 0.05) is 6.04 Å². The first-order valence-electron chi connectivity index (χ1n) is 7.31. The number of carbonyl (C=O) groups is 2. The van der Waals surface area contributed by atoms with E-state index < -0.39 is 6.04 Å². The number of ether oxygens (including phenoxy) is 1. The fraction of sp³-hybridized carbons (Fsp3) is 0.857. The fourth-order valence-corrected chi connectivity index (χ4v) is 2.48. The molecule has 0 aromatic rings. The highest BCUT2D eigenvalue weighted by molar-refractivity contribution is 5.81. The second kappa shape index (κ2) is 8.15. The highest BCUT2D eigenvalue weighted by atomic mass is 16.5. The van der Waals surface area contributed by atoms with E-state index in [-0.39, 0.29) is 23.8 Å².